The van der Waals surface area contributed by atoms with E-state index in [2.05, 4.69) is 5.92 Å². The number of hydrogen-bond donors (Lipinski definition) is 0. The van der Waals surface area contributed by atoms with Crippen LogP contribution in [-0.4, -0.2) is 12.9 Å². The lowest BCUT2D eigenvalue weighted by Crippen LogP contribution is -1.98. The van der Waals surface area contributed by atoms with Crippen LogP contribution in [0.3, 0.4) is 0 Å². The smallest absolute Gasteiger partial charge is 0.174 e. The Hall–Kier alpha value is -1.75. The van der Waals surface area contributed by atoms with E-state index in [0.29, 0.717) is 11.3 Å². The maximum Gasteiger partial charge on any atom is 0.174 e. The van der Waals surface area contributed by atoms with Crippen LogP contribution in [0.5, 0.6) is 5.75 Å². The van der Waals surface area contributed by atoms with Gasteiger partial charge >= 0.3 is 0 Å². The molecule has 14 heavy (non-hydrogen) atoms. The van der Waals surface area contributed by atoms with Crippen molar-refractivity contribution in [2.45, 2.75) is 13.3 Å². The van der Waals surface area contributed by atoms with Gasteiger partial charge in [0.1, 0.15) is 5.75 Å². The Kier molecular flexibility index (Phi) is 3.30. The van der Waals surface area contributed by atoms with Crippen molar-refractivity contribution in [1.29, 1.82) is 0 Å². The molecule has 0 heterocycles. The number of ether oxygens (including phenoxy) is 1. The Labute approximate surface area is 83.9 Å². The van der Waals surface area contributed by atoms with Crippen LogP contribution < -0.4 is 4.74 Å². The molecule has 0 atom stereocenters. The SMILES string of the molecule is C#CCC(=O)c1ccc(C)c(OC)c1. The van der Waals surface area contributed by atoms with Crippen LogP contribution in [0.4, 0.5) is 0 Å². The number of benzene rings is 1. The molecule has 2 nitrogen and oxygen atoms in total. The van der Waals surface area contributed by atoms with Crippen LogP contribution in [0.2, 0.25) is 0 Å². The molecule has 0 aliphatic carbocycles. The molecular formula is C12H12O2. The molecule has 0 fully saturated rings. The first-order chi connectivity index (χ1) is 6.69. The van der Waals surface area contributed by atoms with Crippen molar-refractivity contribution in [2.24, 2.45) is 0 Å². The lowest BCUT2D eigenvalue weighted by Gasteiger charge is -2.05. The summed E-state index contributed by atoms with van der Waals surface area (Å²) in [6, 6.07) is 5.33. The number of carbonyl (C=O) groups excluding carboxylic acids is 1. The second-order valence-corrected chi connectivity index (χ2v) is 2.99. The fourth-order valence-electron chi connectivity index (χ4n) is 1.19. The minimum atomic E-state index is -0.0502. The zero-order chi connectivity index (χ0) is 10.6. The van der Waals surface area contributed by atoms with Crippen molar-refractivity contribution in [1.82, 2.24) is 0 Å². The van der Waals surface area contributed by atoms with E-state index in [9.17, 15) is 4.79 Å². The van der Waals surface area contributed by atoms with Crippen molar-refractivity contribution < 1.29 is 9.53 Å². The summed E-state index contributed by atoms with van der Waals surface area (Å²) in [5, 5.41) is 0. The molecule has 0 aromatic heterocycles. The number of terminal acetylenes is 1. The topological polar surface area (TPSA) is 26.3 Å². The van der Waals surface area contributed by atoms with Gasteiger partial charge in [0.05, 0.1) is 13.5 Å². The summed E-state index contributed by atoms with van der Waals surface area (Å²) < 4.78 is 5.11. The van der Waals surface area contributed by atoms with Gasteiger partial charge in [-0.15, -0.1) is 6.42 Å². The van der Waals surface area contributed by atoms with Crippen LogP contribution >= 0.6 is 0 Å². The second kappa shape index (κ2) is 4.48. The summed E-state index contributed by atoms with van der Waals surface area (Å²) in [7, 11) is 1.58. The van der Waals surface area contributed by atoms with Crippen molar-refractivity contribution in [2.75, 3.05) is 7.11 Å². The third-order valence-corrected chi connectivity index (χ3v) is 1.99. The third-order valence-electron chi connectivity index (χ3n) is 1.99. The Bertz CT molecular complexity index is 386. The number of methoxy groups -OCH3 is 1. The first kappa shape index (κ1) is 10.3. The van der Waals surface area contributed by atoms with E-state index in [4.69, 9.17) is 11.2 Å². The van der Waals surface area contributed by atoms with E-state index < -0.39 is 0 Å². The van der Waals surface area contributed by atoms with Crippen LogP contribution in [-0.2, 0) is 0 Å². The van der Waals surface area contributed by atoms with Crippen LogP contribution in [0.1, 0.15) is 22.3 Å². The van der Waals surface area contributed by atoms with Gasteiger partial charge < -0.3 is 4.74 Å². The van der Waals surface area contributed by atoms with Gasteiger partial charge in [0.25, 0.3) is 0 Å². The molecule has 1 rings (SSSR count). The molecule has 0 spiro atoms. The Morgan fingerprint density at radius 1 is 1.57 bits per heavy atom. The predicted octanol–water partition coefficient (Wildman–Crippen LogP) is 2.21. The Balaban J connectivity index is 3.01. The average molecular weight is 188 g/mol. The molecule has 0 bridgehead atoms. The van der Waals surface area contributed by atoms with Gasteiger partial charge in [0.15, 0.2) is 5.78 Å². The molecule has 0 amide bonds. The number of hydrogen-bond acceptors (Lipinski definition) is 2. The van der Waals surface area contributed by atoms with E-state index >= 15 is 0 Å². The first-order valence-electron chi connectivity index (χ1n) is 4.30. The van der Waals surface area contributed by atoms with E-state index in [1.807, 2.05) is 13.0 Å². The maximum absolute atomic E-state index is 11.4. The standard InChI is InChI=1S/C12H12O2/c1-4-5-11(13)10-7-6-9(2)12(8-10)14-3/h1,6-8H,5H2,2-3H3. The number of aryl methyl sites for hydroxylation is 1. The van der Waals surface area contributed by atoms with E-state index in [1.54, 1.807) is 19.2 Å². The number of Topliss-reactive ketones (excluding diaryl/α,β-unsaturated/α-hetero) is 1. The lowest BCUT2D eigenvalue weighted by atomic mass is 10.1. The summed E-state index contributed by atoms with van der Waals surface area (Å²) in [5.41, 5.74) is 1.61. The summed E-state index contributed by atoms with van der Waals surface area (Å²) in [6.45, 7) is 1.92. The molecule has 0 saturated carbocycles. The molecule has 1 aromatic carbocycles. The highest BCUT2D eigenvalue weighted by atomic mass is 16.5. The van der Waals surface area contributed by atoms with E-state index in [-0.39, 0.29) is 12.2 Å². The van der Waals surface area contributed by atoms with E-state index in [0.717, 1.165) is 5.56 Å². The van der Waals surface area contributed by atoms with Gasteiger partial charge in [-0.05, 0) is 18.6 Å². The maximum atomic E-state index is 11.4. The molecule has 72 valence electrons. The second-order valence-electron chi connectivity index (χ2n) is 2.99. The van der Waals surface area contributed by atoms with Crippen LogP contribution in [0.25, 0.3) is 0 Å². The van der Waals surface area contributed by atoms with Gasteiger partial charge in [0, 0.05) is 5.56 Å². The normalized spacial score (nSPS) is 9.21. The average Bonchev–Trinajstić information content (AvgIpc) is 2.19. The summed E-state index contributed by atoms with van der Waals surface area (Å²) in [5.74, 6) is 2.99. The molecule has 0 radical (unpaired) electrons. The first-order valence-corrected chi connectivity index (χ1v) is 4.30. The molecule has 0 aliphatic heterocycles. The van der Waals surface area contributed by atoms with Gasteiger partial charge in [-0.1, -0.05) is 18.1 Å². The van der Waals surface area contributed by atoms with Crippen LogP contribution in [0, 0.1) is 19.3 Å². The van der Waals surface area contributed by atoms with Gasteiger partial charge in [-0.25, -0.2) is 0 Å². The summed E-state index contributed by atoms with van der Waals surface area (Å²) >= 11 is 0. The van der Waals surface area contributed by atoms with Crippen molar-refractivity contribution >= 4 is 5.78 Å². The minimum Gasteiger partial charge on any atom is -0.496 e. The Morgan fingerprint density at radius 2 is 2.29 bits per heavy atom. The molecule has 1 aromatic rings. The molecule has 0 aliphatic rings. The number of carbonyl (C=O) groups is 1. The molecule has 0 N–H and O–H groups in total. The third kappa shape index (κ3) is 2.14. The fraction of sp³-hybridized carbons (Fsp3) is 0.250. The van der Waals surface area contributed by atoms with Crippen molar-refractivity contribution in [3.05, 3.63) is 29.3 Å². The molecule has 2 heteroatoms. The quantitative estimate of drug-likeness (QED) is 0.537. The Morgan fingerprint density at radius 3 is 2.86 bits per heavy atom. The number of rotatable bonds is 3. The zero-order valence-electron chi connectivity index (χ0n) is 8.33. The monoisotopic (exact) mass is 188 g/mol. The summed E-state index contributed by atoms with van der Waals surface area (Å²) in [6.07, 6.45) is 5.20. The minimum absolute atomic E-state index is 0.0502. The zero-order valence-corrected chi connectivity index (χ0v) is 8.33. The molecular weight excluding hydrogens is 176 g/mol. The fourth-order valence-corrected chi connectivity index (χ4v) is 1.19. The van der Waals surface area contributed by atoms with E-state index in [1.165, 1.54) is 0 Å². The van der Waals surface area contributed by atoms with Gasteiger partial charge in [-0.2, -0.15) is 0 Å². The molecule has 0 saturated heterocycles. The highest BCUT2D eigenvalue weighted by Crippen LogP contribution is 2.19. The van der Waals surface area contributed by atoms with Crippen molar-refractivity contribution in [3.63, 3.8) is 0 Å². The number of ketones is 1. The highest BCUT2D eigenvalue weighted by molar-refractivity contribution is 5.97. The van der Waals surface area contributed by atoms with Gasteiger partial charge in [-0.3, -0.25) is 4.79 Å². The summed E-state index contributed by atoms with van der Waals surface area (Å²) in [4.78, 5) is 11.4. The lowest BCUT2D eigenvalue weighted by molar-refractivity contribution is 0.0998. The largest absolute Gasteiger partial charge is 0.496 e. The predicted molar refractivity (Wildman–Crippen MR) is 55.5 cm³/mol. The van der Waals surface area contributed by atoms with Crippen LogP contribution in [0.15, 0.2) is 18.2 Å². The molecule has 0 unspecified atom stereocenters. The highest BCUT2D eigenvalue weighted by Gasteiger charge is 2.06. The van der Waals surface area contributed by atoms with Gasteiger partial charge in [0.2, 0.25) is 0 Å². The van der Waals surface area contributed by atoms with Crippen molar-refractivity contribution in [3.8, 4) is 18.1 Å².